The van der Waals surface area contributed by atoms with Crippen molar-refractivity contribution in [1.29, 1.82) is 0 Å². The van der Waals surface area contributed by atoms with Crippen LogP contribution in [-0.2, 0) is 4.74 Å². The van der Waals surface area contributed by atoms with E-state index in [0.29, 0.717) is 6.61 Å². The van der Waals surface area contributed by atoms with Gasteiger partial charge in [0.15, 0.2) is 0 Å². The highest BCUT2D eigenvalue weighted by atomic mass is 32.1. The van der Waals surface area contributed by atoms with Crippen LogP contribution in [0.5, 0.6) is 0 Å². The van der Waals surface area contributed by atoms with Crippen LogP contribution in [0.4, 0.5) is 4.79 Å². The van der Waals surface area contributed by atoms with Gasteiger partial charge in [0.2, 0.25) is 0 Å². The molecule has 2 atom stereocenters. The molecule has 2 unspecified atom stereocenters. The Labute approximate surface area is 187 Å². The lowest BCUT2D eigenvalue weighted by molar-refractivity contribution is 0.0539. The van der Waals surface area contributed by atoms with Gasteiger partial charge < -0.3 is 4.74 Å². The number of carbonyl (C=O) groups is 1. The smallest absolute Gasteiger partial charge is 0.410 e. The highest BCUT2D eigenvalue weighted by Crippen LogP contribution is 2.45. The van der Waals surface area contributed by atoms with Crippen molar-refractivity contribution in [2.24, 2.45) is 0 Å². The molecule has 3 aliphatic rings. The molecule has 0 saturated carbocycles. The van der Waals surface area contributed by atoms with E-state index in [9.17, 15) is 4.79 Å². The van der Waals surface area contributed by atoms with Crippen LogP contribution in [0.1, 0.15) is 47.6 Å². The fourth-order valence-corrected chi connectivity index (χ4v) is 6.39. The number of fused-ring (bicyclic) bond motifs is 5. The number of hydrogen-bond donors (Lipinski definition) is 0. The maximum Gasteiger partial charge on any atom is 0.410 e. The van der Waals surface area contributed by atoms with Gasteiger partial charge in [-0.1, -0.05) is 60.7 Å². The van der Waals surface area contributed by atoms with Gasteiger partial charge in [-0.15, -0.1) is 11.3 Å². The molecule has 3 nitrogen and oxygen atoms in total. The van der Waals surface area contributed by atoms with Gasteiger partial charge in [-0.3, -0.25) is 4.90 Å². The zero-order valence-corrected chi connectivity index (χ0v) is 18.2. The summed E-state index contributed by atoms with van der Waals surface area (Å²) in [6.45, 7) is 0.393. The molecule has 3 heterocycles. The Morgan fingerprint density at radius 2 is 1.71 bits per heavy atom. The molecule has 0 N–H and O–H groups in total. The van der Waals surface area contributed by atoms with Gasteiger partial charge in [-0.2, -0.15) is 0 Å². The molecule has 1 saturated heterocycles. The van der Waals surface area contributed by atoms with Crippen LogP contribution in [0.25, 0.3) is 16.7 Å². The molecule has 1 aliphatic carbocycles. The topological polar surface area (TPSA) is 29.5 Å². The van der Waals surface area contributed by atoms with E-state index in [-0.39, 0.29) is 24.1 Å². The number of hydrogen-bond acceptors (Lipinski definition) is 3. The first-order valence-electron chi connectivity index (χ1n) is 11.2. The quantitative estimate of drug-likeness (QED) is 0.465. The van der Waals surface area contributed by atoms with E-state index in [2.05, 4.69) is 72.1 Å². The van der Waals surface area contributed by atoms with E-state index >= 15 is 0 Å². The lowest BCUT2D eigenvalue weighted by Crippen LogP contribution is -2.51. The zero-order chi connectivity index (χ0) is 20.8. The van der Waals surface area contributed by atoms with Crippen LogP contribution < -0.4 is 0 Å². The fourth-order valence-electron chi connectivity index (χ4n) is 5.63. The Hall–Kier alpha value is -2.85. The van der Waals surface area contributed by atoms with Gasteiger partial charge >= 0.3 is 6.09 Å². The average molecular weight is 428 g/mol. The van der Waals surface area contributed by atoms with Crippen LogP contribution in [0, 0.1) is 0 Å². The van der Waals surface area contributed by atoms with Crippen LogP contribution >= 0.6 is 11.3 Å². The SMILES string of the molecule is O=C(OCC1c2ccccc2-c2ccccc21)N1C2C=C(c3cccs3)CC1CCC2. The largest absolute Gasteiger partial charge is 0.448 e. The van der Waals surface area contributed by atoms with E-state index in [1.54, 1.807) is 11.3 Å². The number of amides is 1. The molecule has 6 rings (SSSR count). The number of ether oxygens (including phenoxy) is 1. The number of carbonyl (C=O) groups excluding carboxylic acids is 1. The second kappa shape index (κ2) is 7.69. The third-order valence-electron chi connectivity index (χ3n) is 7.02. The van der Waals surface area contributed by atoms with Crippen LogP contribution in [0.15, 0.2) is 72.1 Å². The number of thiophene rings is 1. The van der Waals surface area contributed by atoms with Crippen LogP contribution in [0.2, 0.25) is 0 Å². The van der Waals surface area contributed by atoms with Crippen molar-refractivity contribution in [1.82, 2.24) is 4.90 Å². The Morgan fingerprint density at radius 3 is 2.39 bits per heavy atom. The van der Waals surface area contributed by atoms with E-state index < -0.39 is 0 Å². The molecule has 0 radical (unpaired) electrons. The first-order valence-corrected chi connectivity index (χ1v) is 12.1. The predicted octanol–water partition coefficient (Wildman–Crippen LogP) is 6.71. The van der Waals surface area contributed by atoms with Crippen LogP contribution in [-0.4, -0.2) is 29.7 Å². The van der Waals surface area contributed by atoms with Gasteiger partial charge in [0.05, 0.1) is 6.04 Å². The van der Waals surface area contributed by atoms with Crippen molar-refractivity contribution in [3.05, 3.63) is 88.1 Å². The first kappa shape index (κ1) is 18.9. The summed E-state index contributed by atoms with van der Waals surface area (Å²) in [5.74, 6) is 0.109. The zero-order valence-electron chi connectivity index (χ0n) is 17.4. The molecule has 2 aromatic carbocycles. The minimum absolute atomic E-state index is 0.109. The summed E-state index contributed by atoms with van der Waals surface area (Å²) >= 11 is 1.79. The molecule has 1 fully saturated rings. The third-order valence-corrected chi connectivity index (χ3v) is 7.97. The minimum Gasteiger partial charge on any atom is -0.448 e. The van der Waals surface area contributed by atoms with E-state index in [4.69, 9.17) is 4.74 Å². The molecule has 1 aromatic heterocycles. The highest BCUT2D eigenvalue weighted by Gasteiger charge is 2.39. The molecular weight excluding hydrogens is 402 g/mol. The molecule has 0 spiro atoms. The summed E-state index contributed by atoms with van der Waals surface area (Å²) < 4.78 is 6.00. The monoisotopic (exact) mass is 427 g/mol. The summed E-state index contributed by atoms with van der Waals surface area (Å²) in [5, 5.41) is 2.13. The first-order chi connectivity index (χ1) is 15.3. The normalized spacial score (nSPS) is 21.9. The van der Waals surface area contributed by atoms with Crippen molar-refractivity contribution in [2.75, 3.05) is 6.61 Å². The summed E-state index contributed by atoms with van der Waals surface area (Å²) in [4.78, 5) is 16.6. The molecule has 156 valence electrons. The summed E-state index contributed by atoms with van der Waals surface area (Å²) in [6, 6.07) is 21.7. The van der Waals surface area contributed by atoms with Crippen molar-refractivity contribution in [2.45, 2.75) is 43.7 Å². The number of benzene rings is 2. The lowest BCUT2D eigenvalue weighted by Gasteiger charge is -2.44. The summed E-state index contributed by atoms with van der Waals surface area (Å²) in [5.41, 5.74) is 6.44. The van der Waals surface area contributed by atoms with Gasteiger partial charge in [-0.05, 0) is 65.0 Å². The van der Waals surface area contributed by atoms with E-state index in [0.717, 1.165) is 19.3 Å². The maximum absolute atomic E-state index is 13.3. The highest BCUT2D eigenvalue weighted by molar-refractivity contribution is 7.11. The Balaban J connectivity index is 1.22. The summed E-state index contributed by atoms with van der Waals surface area (Å²) in [7, 11) is 0. The molecule has 2 bridgehead atoms. The van der Waals surface area contributed by atoms with Gasteiger partial charge in [0.1, 0.15) is 6.61 Å². The van der Waals surface area contributed by atoms with Crippen molar-refractivity contribution in [3.63, 3.8) is 0 Å². The lowest BCUT2D eigenvalue weighted by atomic mass is 9.85. The minimum atomic E-state index is -0.155. The third kappa shape index (κ3) is 3.21. The van der Waals surface area contributed by atoms with Crippen molar-refractivity contribution in [3.8, 4) is 11.1 Å². The fraction of sp³-hybridized carbons (Fsp3) is 0.296. The second-order valence-electron chi connectivity index (χ2n) is 8.74. The number of piperidine rings is 1. The second-order valence-corrected chi connectivity index (χ2v) is 9.68. The van der Waals surface area contributed by atoms with E-state index in [1.165, 1.54) is 39.1 Å². The Bertz CT molecular complexity index is 1100. The maximum atomic E-state index is 13.3. The van der Waals surface area contributed by atoms with E-state index in [1.807, 2.05) is 4.90 Å². The van der Waals surface area contributed by atoms with Crippen LogP contribution in [0.3, 0.4) is 0 Å². The van der Waals surface area contributed by atoms with Crippen molar-refractivity contribution < 1.29 is 9.53 Å². The standard InChI is InChI=1S/C27H25NO2S/c29-27(28-19-7-5-8-20(28)16-18(15-19)26-13-6-14-31-26)30-17-25-23-11-3-1-9-21(23)22-10-2-4-12-24(22)25/h1-4,6,9-15,19-20,25H,5,7-8,16-17H2. The molecule has 31 heavy (non-hydrogen) atoms. The van der Waals surface area contributed by atoms with Gasteiger partial charge in [0.25, 0.3) is 0 Å². The molecule has 3 aromatic rings. The Morgan fingerprint density at radius 1 is 0.968 bits per heavy atom. The number of nitrogens with zero attached hydrogens (tertiary/aromatic N) is 1. The average Bonchev–Trinajstić information content (AvgIpc) is 3.44. The summed E-state index contributed by atoms with van der Waals surface area (Å²) in [6.07, 6.45) is 6.35. The number of rotatable bonds is 3. The van der Waals surface area contributed by atoms with Crippen molar-refractivity contribution >= 4 is 23.0 Å². The van der Waals surface area contributed by atoms with Gasteiger partial charge in [0, 0.05) is 16.8 Å². The Kier molecular flexibility index (Phi) is 4.68. The predicted molar refractivity (Wildman–Crippen MR) is 125 cm³/mol. The molecule has 1 amide bonds. The molecule has 2 aliphatic heterocycles. The molecule has 4 heteroatoms. The molecular formula is C27H25NO2S. The van der Waals surface area contributed by atoms with Gasteiger partial charge in [-0.25, -0.2) is 4.79 Å².